The van der Waals surface area contributed by atoms with Crippen LogP contribution in [0.3, 0.4) is 0 Å². The number of nitrogens with zero attached hydrogens (tertiary/aromatic N) is 2. The Morgan fingerprint density at radius 2 is 2.10 bits per heavy atom. The number of thiophene rings is 1. The molecule has 0 spiro atoms. The predicted molar refractivity (Wildman–Crippen MR) is 86.1 cm³/mol. The van der Waals surface area contributed by atoms with Crippen molar-refractivity contribution >= 4 is 17.2 Å². The van der Waals surface area contributed by atoms with E-state index in [0.717, 1.165) is 52.0 Å². The highest BCUT2D eigenvalue weighted by molar-refractivity contribution is 7.07. The van der Waals surface area contributed by atoms with Gasteiger partial charge in [0.05, 0.1) is 0 Å². The summed E-state index contributed by atoms with van der Waals surface area (Å²) in [5, 5.41) is 4.34. The Bertz CT molecular complexity index is 454. The minimum atomic E-state index is 0.193. The molecule has 0 aromatic carbocycles. The van der Waals surface area contributed by atoms with E-state index in [-0.39, 0.29) is 5.92 Å². The first-order valence-electron chi connectivity index (χ1n) is 8.00. The molecule has 1 saturated carbocycles. The molecule has 116 valence electrons. The average molecular weight is 307 g/mol. The van der Waals surface area contributed by atoms with Crippen molar-refractivity contribution in [1.29, 1.82) is 0 Å². The van der Waals surface area contributed by atoms with Gasteiger partial charge in [-0.1, -0.05) is 6.42 Å². The minimum Gasteiger partial charge on any atom is -0.340 e. The summed E-state index contributed by atoms with van der Waals surface area (Å²) in [5.41, 5.74) is 7.20. The van der Waals surface area contributed by atoms with Crippen LogP contribution in [0, 0.1) is 11.8 Å². The Morgan fingerprint density at radius 1 is 1.29 bits per heavy atom. The van der Waals surface area contributed by atoms with Gasteiger partial charge < -0.3 is 10.6 Å². The summed E-state index contributed by atoms with van der Waals surface area (Å²) in [6.45, 7) is 5.39. The predicted octanol–water partition coefficient (Wildman–Crippen LogP) is 1.77. The Labute approximate surface area is 130 Å². The molecule has 1 amide bonds. The van der Waals surface area contributed by atoms with Gasteiger partial charge in [-0.05, 0) is 47.7 Å². The molecule has 5 heteroatoms. The largest absolute Gasteiger partial charge is 0.340 e. The van der Waals surface area contributed by atoms with E-state index in [1.807, 2.05) is 0 Å². The fraction of sp³-hybridized carbons (Fsp3) is 0.688. The Hall–Kier alpha value is -0.910. The molecule has 2 fully saturated rings. The molecule has 4 nitrogen and oxygen atoms in total. The van der Waals surface area contributed by atoms with Gasteiger partial charge in [-0.2, -0.15) is 11.3 Å². The summed E-state index contributed by atoms with van der Waals surface area (Å²) in [5.74, 6) is 0.970. The van der Waals surface area contributed by atoms with Crippen molar-refractivity contribution in [3.63, 3.8) is 0 Å². The lowest BCUT2D eigenvalue weighted by molar-refractivity contribution is -0.138. The third-order valence-electron chi connectivity index (χ3n) is 4.95. The minimum absolute atomic E-state index is 0.193. The maximum absolute atomic E-state index is 12.6. The summed E-state index contributed by atoms with van der Waals surface area (Å²) >= 11 is 1.75. The van der Waals surface area contributed by atoms with Crippen molar-refractivity contribution in [1.82, 2.24) is 9.80 Å². The molecule has 1 aliphatic heterocycles. The van der Waals surface area contributed by atoms with Gasteiger partial charge in [0.2, 0.25) is 5.91 Å². The SMILES string of the molecule is NCC1CCCC1C(=O)N1CCN(Cc2ccsc2)CC1. The van der Waals surface area contributed by atoms with E-state index in [9.17, 15) is 4.79 Å². The second-order valence-electron chi connectivity index (χ2n) is 6.27. The van der Waals surface area contributed by atoms with Crippen molar-refractivity contribution < 1.29 is 4.79 Å². The standard InChI is InChI=1S/C16H25N3OS/c17-10-14-2-1-3-15(14)16(20)19-7-5-18(6-8-19)11-13-4-9-21-12-13/h4,9,12,14-15H,1-3,5-8,10-11,17H2. The van der Waals surface area contributed by atoms with Gasteiger partial charge in [0, 0.05) is 38.6 Å². The highest BCUT2D eigenvalue weighted by atomic mass is 32.1. The summed E-state index contributed by atoms with van der Waals surface area (Å²) in [7, 11) is 0. The summed E-state index contributed by atoms with van der Waals surface area (Å²) in [6, 6.07) is 2.19. The fourth-order valence-corrected chi connectivity index (χ4v) is 4.31. The number of nitrogens with two attached hydrogens (primary N) is 1. The van der Waals surface area contributed by atoms with Gasteiger partial charge in [0.1, 0.15) is 0 Å². The number of piperazine rings is 1. The van der Waals surface area contributed by atoms with Crippen LogP contribution in [0.25, 0.3) is 0 Å². The monoisotopic (exact) mass is 307 g/mol. The quantitative estimate of drug-likeness (QED) is 0.922. The zero-order chi connectivity index (χ0) is 14.7. The number of rotatable bonds is 4. The first-order valence-corrected chi connectivity index (χ1v) is 8.94. The molecule has 0 radical (unpaired) electrons. The molecular formula is C16H25N3OS. The lowest BCUT2D eigenvalue weighted by Crippen LogP contribution is -2.50. The molecule has 1 aliphatic carbocycles. The lowest BCUT2D eigenvalue weighted by Gasteiger charge is -2.36. The first kappa shape index (κ1) is 15.0. The first-order chi connectivity index (χ1) is 10.3. The zero-order valence-corrected chi connectivity index (χ0v) is 13.4. The fourth-order valence-electron chi connectivity index (χ4n) is 3.65. The van der Waals surface area contributed by atoms with E-state index in [1.54, 1.807) is 11.3 Å². The van der Waals surface area contributed by atoms with E-state index in [2.05, 4.69) is 26.6 Å². The van der Waals surface area contributed by atoms with Gasteiger partial charge >= 0.3 is 0 Å². The van der Waals surface area contributed by atoms with Crippen LogP contribution in [0.5, 0.6) is 0 Å². The summed E-state index contributed by atoms with van der Waals surface area (Å²) in [4.78, 5) is 17.2. The highest BCUT2D eigenvalue weighted by Crippen LogP contribution is 2.32. The highest BCUT2D eigenvalue weighted by Gasteiger charge is 2.35. The maximum atomic E-state index is 12.6. The molecule has 1 aromatic heterocycles. The van der Waals surface area contributed by atoms with Crippen LogP contribution in [0.2, 0.25) is 0 Å². The van der Waals surface area contributed by atoms with E-state index in [1.165, 1.54) is 5.56 Å². The van der Waals surface area contributed by atoms with E-state index >= 15 is 0 Å². The van der Waals surface area contributed by atoms with Crippen LogP contribution >= 0.6 is 11.3 Å². The number of carbonyl (C=O) groups is 1. The zero-order valence-electron chi connectivity index (χ0n) is 12.5. The number of hydrogen-bond acceptors (Lipinski definition) is 4. The number of hydrogen-bond donors (Lipinski definition) is 1. The van der Waals surface area contributed by atoms with Crippen molar-refractivity contribution in [3.8, 4) is 0 Å². The second kappa shape index (κ2) is 6.90. The van der Waals surface area contributed by atoms with Gasteiger partial charge in [-0.25, -0.2) is 0 Å². The molecule has 3 rings (SSSR count). The molecule has 2 N–H and O–H groups in total. The Kier molecular flexibility index (Phi) is 4.93. The van der Waals surface area contributed by atoms with Gasteiger partial charge in [-0.3, -0.25) is 9.69 Å². The third kappa shape index (κ3) is 3.47. The summed E-state index contributed by atoms with van der Waals surface area (Å²) < 4.78 is 0. The molecule has 2 aliphatic rings. The molecular weight excluding hydrogens is 282 g/mol. The van der Waals surface area contributed by atoms with E-state index in [0.29, 0.717) is 18.4 Å². The Balaban J connectivity index is 1.50. The smallest absolute Gasteiger partial charge is 0.226 e. The Morgan fingerprint density at radius 3 is 2.76 bits per heavy atom. The van der Waals surface area contributed by atoms with Crippen molar-refractivity contribution in [3.05, 3.63) is 22.4 Å². The summed E-state index contributed by atoms with van der Waals surface area (Å²) in [6.07, 6.45) is 3.33. The average Bonchev–Trinajstić information content (AvgIpc) is 3.18. The normalized spacial score (nSPS) is 27.2. The van der Waals surface area contributed by atoms with E-state index < -0.39 is 0 Å². The van der Waals surface area contributed by atoms with Crippen molar-refractivity contribution in [2.75, 3.05) is 32.7 Å². The van der Waals surface area contributed by atoms with Gasteiger partial charge in [-0.15, -0.1) is 0 Å². The second-order valence-corrected chi connectivity index (χ2v) is 7.05. The van der Waals surface area contributed by atoms with Gasteiger partial charge in [0.15, 0.2) is 0 Å². The van der Waals surface area contributed by atoms with Crippen LogP contribution in [-0.2, 0) is 11.3 Å². The van der Waals surface area contributed by atoms with Crippen LogP contribution < -0.4 is 5.73 Å². The molecule has 1 saturated heterocycles. The van der Waals surface area contributed by atoms with E-state index in [4.69, 9.17) is 5.73 Å². The molecule has 21 heavy (non-hydrogen) atoms. The molecule has 2 atom stereocenters. The maximum Gasteiger partial charge on any atom is 0.226 e. The number of carbonyl (C=O) groups excluding carboxylic acids is 1. The van der Waals surface area contributed by atoms with Crippen LogP contribution in [-0.4, -0.2) is 48.4 Å². The molecule has 2 heterocycles. The number of amides is 1. The third-order valence-corrected chi connectivity index (χ3v) is 5.68. The molecule has 0 bridgehead atoms. The van der Waals surface area contributed by atoms with Crippen LogP contribution in [0.4, 0.5) is 0 Å². The van der Waals surface area contributed by atoms with Crippen LogP contribution in [0.1, 0.15) is 24.8 Å². The van der Waals surface area contributed by atoms with Crippen molar-refractivity contribution in [2.24, 2.45) is 17.6 Å². The lowest BCUT2D eigenvalue weighted by atomic mass is 9.94. The topological polar surface area (TPSA) is 49.6 Å². The van der Waals surface area contributed by atoms with Gasteiger partial charge in [0.25, 0.3) is 0 Å². The van der Waals surface area contributed by atoms with Crippen molar-refractivity contribution in [2.45, 2.75) is 25.8 Å². The molecule has 1 aromatic rings. The molecule has 2 unspecified atom stereocenters. The van der Waals surface area contributed by atoms with Crippen LogP contribution in [0.15, 0.2) is 16.8 Å².